The van der Waals surface area contributed by atoms with E-state index in [9.17, 15) is 14.7 Å². The first-order valence-corrected chi connectivity index (χ1v) is 13.1. The number of rotatable bonds is 10. The van der Waals surface area contributed by atoms with Crippen molar-refractivity contribution >= 4 is 40.0 Å². The van der Waals surface area contributed by atoms with Crippen LogP contribution in [0.3, 0.4) is 0 Å². The molecule has 0 aliphatic heterocycles. The van der Waals surface area contributed by atoms with E-state index in [1.807, 2.05) is 6.92 Å². The Balaban J connectivity index is 1.89. The van der Waals surface area contributed by atoms with E-state index in [2.05, 4.69) is 10.3 Å². The third-order valence-electron chi connectivity index (χ3n) is 6.48. The lowest BCUT2D eigenvalue weighted by atomic mass is 9.97. The molecule has 8 nitrogen and oxygen atoms in total. The van der Waals surface area contributed by atoms with Crippen molar-refractivity contribution in [1.29, 1.82) is 0 Å². The predicted molar refractivity (Wildman–Crippen MR) is 153 cm³/mol. The van der Waals surface area contributed by atoms with Gasteiger partial charge in [-0.3, -0.25) is 14.6 Å². The van der Waals surface area contributed by atoms with Crippen molar-refractivity contribution in [3.05, 3.63) is 86.4 Å². The number of halogens is 2. The van der Waals surface area contributed by atoms with E-state index in [1.165, 1.54) is 4.57 Å². The number of hydrogen-bond acceptors (Lipinski definition) is 6. The van der Waals surface area contributed by atoms with Crippen molar-refractivity contribution in [2.45, 2.75) is 26.4 Å². The van der Waals surface area contributed by atoms with Gasteiger partial charge in [0, 0.05) is 42.9 Å². The van der Waals surface area contributed by atoms with Gasteiger partial charge in [-0.1, -0.05) is 42.3 Å². The van der Waals surface area contributed by atoms with Crippen LogP contribution in [0, 0.1) is 5.92 Å². The van der Waals surface area contributed by atoms with Gasteiger partial charge in [-0.2, -0.15) is 0 Å². The molecule has 0 radical (unpaired) electrons. The van der Waals surface area contributed by atoms with Crippen LogP contribution in [0.25, 0.3) is 22.0 Å². The lowest BCUT2D eigenvalue weighted by Crippen LogP contribution is -2.34. The van der Waals surface area contributed by atoms with Crippen LogP contribution in [-0.2, 0) is 13.1 Å². The summed E-state index contributed by atoms with van der Waals surface area (Å²) in [4.78, 5) is 32.0. The Morgan fingerprint density at radius 2 is 1.79 bits per heavy atom. The fraction of sp³-hybridized carbons (Fsp3) is 0.276. The Hall–Kier alpha value is -3.59. The molecule has 4 aromatic rings. The van der Waals surface area contributed by atoms with E-state index in [1.54, 1.807) is 68.9 Å². The number of methoxy groups -OCH3 is 2. The Bertz CT molecular complexity index is 1550. The summed E-state index contributed by atoms with van der Waals surface area (Å²) in [5.41, 5.74) is 1.87. The molecule has 4 rings (SSSR count). The molecular formula is C29H29Cl2N3O5. The quantitative estimate of drug-likeness (QED) is 0.267. The molecule has 1 atom stereocenters. The first-order chi connectivity index (χ1) is 18.8. The van der Waals surface area contributed by atoms with E-state index in [0.717, 1.165) is 5.56 Å². The van der Waals surface area contributed by atoms with E-state index in [4.69, 9.17) is 32.7 Å². The average molecular weight is 570 g/mol. The average Bonchev–Trinajstić information content (AvgIpc) is 2.96. The van der Waals surface area contributed by atoms with Crippen LogP contribution in [0.1, 0.15) is 29.4 Å². The number of amides is 1. The smallest absolute Gasteiger partial charge is 0.277 e. The molecule has 204 valence electrons. The standard InChI is InChI=1S/C29H29Cl2N3O5/c1-17(16-35)8-10-34-27(28(36)33-15-18-11-20(38-2)14-21(12-18)39-3)25(19-6-7-23(30)24(31)13-19)22-5-4-9-32-26(22)29(34)37/h4-7,9,11-14,17,35H,8,10,15-16H2,1-3H3,(H,33,36). The number of fused-ring (bicyclic) bond motifs is 1. The zero-order valence-corrected chi connectivity index (χ0v) is 23.3. The van der Waals surface area contributed by atoms with Crippen LogP contribution in [-0.4, -0.2) is 41.4 Å². The summed E-state index contributed by atoms with van der Waals surface area (Å²) in [5.74, 6) is 0.630. The minimum atomic E-state index is -0.461. The maximum atomic E-state index is 13.9. The number of aliphatic hydroxyl groups excluding tert-OH is 1. The number of pyridine rings is 2. The van der Waals surface area contributed by atoms with E-state index >= 15 is 0 Å². The predicted octanol–water partition coefficient (Wildman–Crippen LogP) is 5.34. The summed E-state index contributed by atoms with van der Waals surface area (Å²) >= 11 is 12.6. The molecule has 2 heterocycles. The molecule has 1 unspecified atom stereocenters. The molecule has 0 aliphatic carbocycles. The molecule has 2 N–H and O–H groups in total. The molecule has 0 fully saturated rings. The lowest BCUT2D eigenvalue weighted by molar-refractivity contribution is 0.0940. The maximum Gasteiger partial charge on any atom is 0.277 e. The van der Waals surface area contributed by atoms with Crippen LogP contribution in [0.15, 0.2) is 59.5 Å². The van der Waals surface area contributed by atoms with E-state index in [-0.39, 0.29) is 36.8 Å². The fourth-order valence-electron chi connectivity index (χ4n) is 4.34. The number of aliphatic hydroxyl groups is 1. The third-order valence-corrected chi connectivity index (χ3v) is 7.22. The van der Waals surface area contributed by atoms with Crippen LogP contribution >= 0.6 is 23.2 Å². The summed E-state index contributed by atoms with van der Waals surface area (Å²) in [6.07, 6.45) is 2.02. The molecular weight excluding hydrogens is 541 g/mol. The molecule has 10 heteroatoms. The largest absolute Gasteiger partial charge is 0.497 e. The Morgan fingerprint density at radius 3 is 2.44 bits per heavy atom. The van der Waals surface area contributed by atoms with Crippen LogP contribution in [0.5, 0.6) is 11.5 Å². The second kappa shape index (κ2) is 12.5. The first-order valence-electron chi connectivity index (χ1n) is 12.3. The highest BCUT2D eigenvalue weighted by atomic mass is 35.5. The minimum Gasteiger partial charge on any atom is -0.497 e. The Labute approximate surface area is 236 Å². The SMILES string of the molecule is COc1cc(CNC(=O)c2c(-c3ccc(Cl)c(Cl)c3)c3cccnc3c(=O)n2CCC(C)CO)cc(OC)c1. The zero-order valence-electron chi connectivity index (χ0n) is 21.8. The molecule has 39 heavy (non-hydrogen) atoms. The highest BCUT2D eigenvalue weighted by molar-refractivity contribution is 6.42. The van der Waals surface area contributed by atoms with Crippen LogP contribution in [0.2, 0.25) is 10.0 Å². The van der Waals surface area contributed by atoms with Crippen molar-refractivity contribution < 1.29 is 19.4 Å². The second-order valence-corrected chi connectivity index (χ2v) is 10.0. The highest BCUT2D eigenvalue weighted by Crippen LogP contribution is 2.34. The van der Waals surface area contributed by atoms with Gasteiger partial charge in [-0.25, -0.2) is 0 Å². The zero-order chi connectivity index (χ0) is 28.1. The molecule has 0 aliphatic rings. The molecule has 0 spiro atoms. The van der Waals surface area contributed by atoms with Gasteiger partial charge in [0.15, 0.2) is 0 Å². The summed E-state index contributed by atoms with van der Waals surface area (Å²) in [6, 6.07) is 13.9. The number of nitrogens with one attached hydrogen (secondary N) is 1. The highest BCUT2D eigenvalue weighted by Gasteiger charge is 2.25. The van der Waals surface area contributed by atoms with E-state index < -0.39 is 11.5 Å². The van der Waals surface area contributed by atoms with Gasteiger partial charge in [0.25, 0.3) is 11.5 Å². The first kappa shape index (κ1) is 28.4. The Kier molecular flexibility index (Phi) is 9.12. The molecule has 0 saturated heterocycles. The summed E-state index contributed by atoms with van der Waals surface area (Å²) in [7, 11) is 3.10. The number of ether oxygens (including phenoxy) is 2. The molecule has 2 aromatic carbocycles. The topological polar surface area (TPSA) is 103 Å². The summed E-state index contributed by atoms with van der Waals surface area (Å²) < 4.78 is 12.1. The van der Waals surface area contributed by atoms with Crippen molar-refractivity contribution in [2.75, 3.05) is 20.8 Å². The van der Waals surface area contributed by atoms with Crippen molar-refractivity contribution in [1.82, 2.24) is 14.9 Å². The van der Waals surface area contributed by atoms with Gasteiger partial charge < -0.3 is 24.5 Å². The summed E-state index contributed by atoms with van der Waals surface area (Å²) in [5, 5.41) is 13.7. The van der Waals surface area contributed by atoms with Gasteiger partial charge >= 0.3 is 0 Å². The second-order valence-electron chi connectivity index (χ2n) is 9.19. The van der Waals surface area contributed by atoms with Crippen LogP contribution < -0.4 is 20.3 Å². The minimum absolute atomic E-state index is 0.0422. The number of carbonyl (C=O) groups is 1. The van der Waals surface area contributed by atoms with Gasteiger partial charge in [0.1, 0.15) is 22.7 Å². The molecule has 2 aromatic heterocycles. The molecule has 0 bridgehead atoms. The van der Waals surface area contributed by atoms with Crippen molar-refractivity contribution in [3.8, 4) is 22.6 Å². The number of hydrogen-bond donors (Lipinski definition) is 2. The van der Waals surface area contributed by atoms with Gasteiger partial charge in [0.05, 0.1) is 24.3 Å². The third kappa shape index (κ3) is 6.19. The lowest BCUT2D eigenvalue weighted by Gasteiger charge is -2.20. The number of carbonyl (C=O) groups excluding carboxylic acids is 1. The number of benzene rings is 2. The normalized spacial score (nSPS) is 11.8. The van der Waals surface area contributed by atoms with Gasteiger partial charge in [-0.15, -0.1) is 0 Å². The number of nitrogens with zero attached hydrogens (tertiary/aromatic N) is 2. The van der Waals surface area contributed by atoms with Crippen molar-refractivity contribution in [2.24, 2.45) is 5.92 Å². The van der Waals surface area contributed by atoms with Crippen LogP contribution in [0.4, 0.5) is 0 Å². The maximum absolute atomic E-state index is 13.9. The monoisotopic (exact) mass is 569 g/mol. The number of aromatic nitrogens is 2. The summed E-state index contributed by atoms with van der Waals surface area (Å²) in [6.45, 7) is 2.19. The fourth-order valence-corrected chi connectivity index (χ4v) is 4.64. The molecule has 0 saturated carbocycles. The van der Waals surface area contributed by atoms with E-state index in [0.29, 0.717) is 44.5 Å². The van der Waals surface area contributed by atoms with Gasteiger partial charge in [0.2, 0.25) is 0 Å². The van der Waals surface area contributed by atoms with Gasteiger partial charge in [-0.05, 0) is 53.8 Å². The molecule has 1 amide bonds. The Morgan fingerprint density at radius 1 is 1.08 bits per heavy atom. The van der Waals surface area contributed by atoms with Crippen molar-refractivity contribution in [3.63, 3.8) is 0 Å².